The number of H-pyrrole nitrogens is 1. The number of carbonyl (C=O) groups is 1. The molecule has 7 heteroatoms. The number of aromatic amines is 1. The highest BCUT2D eigenvalue weighted by Crippen LogP contribution is 2.57. The van der Waals surface area contributed by atoms with Gasteiger partial charge in [0.2, 0.25) is 0 Å². The molecule has 1 unspecified atom stereocenters. The van der Waals surface area contributed by atoms with Gasteiger partial charge in [-0.3, -0.25) is 14.0 Å². The zero-order chi connectivity index (χ0) is 22.2. The minimum atomic E-state index is -0.153. The molecule has 172 valence electrons. The van der Waals surface area contributed by atoms with E-state index >= 15 is 0 Å². The lowest BCUT2D eigenvalue weighted by molar-refractivity contribution is 0.000694. The van der Waals surface area contributed by atoms with E-state index in [4.69, 9.17) is 9.72 Å². The molecule has 3 aromatic rings. The van der Waals surface area contributed by atoms with E-state index in [9.17, 15) is 9.59 Å². The number of carbonyl (C=O) groups excluding carboxylic acids is 1. The number of piperidine rings is 1. The van der Waals surface area contributed by atoms with Crippen molar-refractivity contribution < 1.29 is 9.53 Å². The molecule has 2 aromatic heterocycles. The second-order valence-electron chi connectivity index (χ2n) is 10.6. The number of hydrogen-bond donors (Lipinski definition) is 1. The Morgan fingerprint density at radius 2 is 1.79 bits per heavy atom. The van der Waals surface area contributed by atoms with Crippen LogP contribution in [0.3, 0.4) is 0 Å². The molecule has 33 heavy (non-hydrogen) atoms. The van der Waals surface area contributed by atoms with Gasteiger partial charge in [0, 0.05) is 31.2 Å². The number of nitrogens with one attached hydrogen (secondary N) is 1. The Balaban J connectivity index is 1.47. The normalized spacial score (nSPS) is 25.2. The van der Waals surface area contributed by atoms with Gasteiger partial charge < -0.3 is 14.6 Å². The minimum Gasteiger partial charge on any atom is -0.381 e. The summed E-state index contributed by atoms with van der Waals surface area (Å²) in [7, 11) is 0. The molecule has 5 heterocycles. The maximum Gasteiger partial charge on any atom is 0.274 e. The van der Waals surface area contributed by atoms with Crippen LogP contribution in [-0.2, 0) is 4.74 Å². The second kappa shape index (κ2) is 7.16. The summed E-state index contributed by atoms with van der Waals surface area (Å²) in [5.41, 5.74) is 4.26. The summed E-state index contributed by atoms with van der Waals surface area (Å²) in [4.78, 5) is 36.3. The van der Waals surface area contributed by atoms with Gasteiger partial charge in [0.05, 0.1) is 23.3 Å². The fraction of sp³-hybridized carbons (Fsp3) is 0.577. The zero-order valence-corrected chi connectivity index (χ0v) is 18.9. The molecule has 4 aliphatic rings. The number of fused-ring (bicyclic) bond motifs is 7. The lowest BCUT2D eigenvalue weighted by Gasteiger charge is -2.49. The highest BCUT2D eigenvalue weighted by molar-refractivity contribution is 6.02. The molecule has 7 rings (SSSR count). The lowest BCUT2D eigenvalue weighted by atomic mass is 9.63. The molecule has 3 fully saturated rings. The number of rotatable bonds is 1. The quantitative estimate of drug-likeness (QED) is 0.604. The van der Waals surface area contributed by atoms with Gasteiger partial charge in [0.15, 0.2) is 0 Å². The first kappa shape index (κ1) is 19.8. The van der Waals surface area contributed by atoms with E-state index in [1.807, 2.05) is 6.07 Å². The molecule has 0 radical (unpaired) electrons. The van der Waals surface area contributed by atoms with Crippen LogP contribution in [-0.4, -0.2) is 44.9 Å². The molecule has 1 spiro atoms. The standard InChI is InChI=1S/C26H30N4O3/c31-24-21-15-27-23(16-5-11-33-12-6-16)30(21)20-14-17-18(13-19(20)28-24)25(32)29-10-4-9-26(22(17)29)7-2-1-3-8-26/h13-16,22H,1-12H2,(H,28,31). The molecular formula is C26H30N4O3. The summed E-state index contributed by atoms with van der Waals surface area (Å²) < 4.78 is 7.63. The van der Waals surface area contributed by atoms with Crippen molar-refractivity contribution in [3.8, 4) is 0 Å². The van der Waals surface area contributed by atoms with Crippen LogP contribution in [0.1, 0.15) is 91.5 Å². The van der Waals surface area contributed by atoms with E-state index < -0.39 is 0 Å². The Morgan fingerprint density at radius 3 is 2.61 bits per heavy atom. The van der Waals surface area contributed by atoms with Crippen molar-refractivity contribution in [3.05, 3.63) is 45.6 Å². The average Bonchev–Trinajstić information content (AvgIpc) is 3.41. The van der Waals surface area contributed by atoms with Crippen LogP contribution in [0.2, 0.25) is 0 Å². The summed E-state index contributed by atoms with van der Waals surface area (Å²) in [6, 6.07) is 4.31. The van der Waals surface area contributed by atoms with E-state index in [0.29, 0.717) is 5.52 Å². The number of imidazole rings is 1. The summed E-state index contributed by atoms with van der Waals surface area (Å²) >= 11 is 0. The largest absolute Gasteiger partial charge is 0.381 e. The van der Waals surface area contributed by atoms with Gasteiger partial charge in [0.1, 0.15) is 11.3 Å². The molecular weight excluding hydrogens is 416 g/mol. The van der Waals surface area contributed by atoms with Crippen molar-refractivity contribution in [2.75, 3.05) is 19.8 Å². The van der Waals surface area contributed by atoms with Gasteiger partial charge in [-0.1, -0.05) is 19.3 Å². The Morgan fingerprint density at radius 1 is 1.00 bits per heavy atom. The fourth-order valence-corrected chi connectivity index (χ4v) is 7.36. The van der Waals surface area contributed by atoms with Crippen LogP contribution >= 0.6 is 0 Å². The highest BCUT2D eigenvalue weighted by atomic mass is 16.5. The van der Waals surface area contributed by atoms with Crippen LogP contribution in [0.4, 0.5) is 0 Å². The summed E-state index contributed by atoms with van der Waals surface area (Å²) in [5.74, 6) is 1.36. The number of benzene rings is 1. The monoisotopic (exact) mass is 446 g/mol. The van der Waals surface area contributed by atoms with Crippen LogP contribution in [0.25, 0.3) is 16.6 Å². The van der Waals surface area contributed by atoms with Gasteiger partial charge in [-0.15, -0.1) is 0 Å². The summed E-state index contributed by atoms with van der Waals surface area (Å²) in [6.45, 7) is 2.29. The number of nitrogens with zero attached hydrogens (tertiary/aromatic N) is 3. The Hall–Kier alpha value is -2.67. The number of aromatic nitrogens is 3. The first-order valence-corrected chi connectivity index (χ1v) is 12.6. The van der Waals surface area contributed by atoms with E-state index in [-0.39, 0.29) is 28.8 Å². The van der Waals surface area contributed by atoms with Crippen molar-refractivity contribution in [1.82, 2.24) is 19.3 Å². The Kier molecular flexibility index (Phi) is 4.29. The first-order chi connectivity index (χ1) is 16.2. The van der Waals surface area contributed by atoms with Crippen molar-refractivity contribution in [1.29, 1.82) is 0 Å². The Labute approximate surface area is 192 Å². The van der Waals surface area contributed by atoms with Crippen molar-refractivity contribution in [2.24, 2.45) is 5.41 Å². The van der Waals surface area contributed by atoms with Crippen LogP contribution in [0.5, 0.6) is 0 Å². The van der Waals surface area contributed by atoms with E-state index in [0.717, 1.165) is 67.0 Å². The third-order valence-electron chi connectivity index (χ3n) is 8.87. The molecule has 7 nitrogen and oxygen atoms in total. The van der Waals surface area contributed by atoms with Crippen molar-refractivity contribution in [2.45, 2.75) is 69.7 Å². The van der Waals surface area contributed by atoms with Crippen molar-refractivity contribution >= 4 is 22.5 Å². The number of hydrogen-bond acceptors (Lipinski definition) is 4. The predicted molar refractivity (Wildman–Crippen MR) is 125 cm³/mol. The van der Waals surface area contributed by atoms with Gasteiger partial charge >= 0.3 is 0 Å². The molecule has 2 saturated heterocycles. The second-order valence-corrected chi connectivity index (χ2v) is 10.6. The lowest BCUT2D eigenvalue weighted by Crippen LogP contribution is -2.45. The molecule has 1 aromatic carbocycles. The molecule has 1 amide bonds. The highest BCUT2D eigenvalue weighted by Gasteiger charge is 2.52. The van der Waals surface area contributed by atoms with Crippen LogP contribution in [0, 0.1) is 5.41 Å². The Bertz CT molecular complexity index is 1320. The maximum absolute atomic E-state index is 13.5. The molecule has 1 saturated carbocycles. The number of amides is 1. The third kappa shape index (κ3) is 2.75. The van der Waals surface area contributed by atoms with E-state index in [1.54, 1.807) is 6.20 Å². The summed E-state index contributed by atoms with van der Waals surface area (Å²) in [6.07, 6.45) is 12.1. The smallest absolute Gasteiger partial charge is 0.274 e. The van der Waals surface area contributed by atoms with Gasteiger partial charge in [-0.25, -0.2) is 4.98 Å². The molecule has 0 bridgehead atoms. The minimum absolute atomic E-state index is 0.137. The van der Waals surface area contributed by atoms with Gasteiger partial charge in [-0.2, -0.15) is 0 Å². The van der Waals surface area contributed by atoms with Gasteiger partial charge in [-0.05, 0) is 61.6 Å². The summed E-state index contributed by atoms with van der Waals surface area (Å²) in [5, 5.41) is 0. The van der Waals surface area contributed by atoms with E-state index in [1.165, 1.54) is 38.5 Å². The van der Waals surface area contributed by atoms with E-state index in [2.05, 4.69) is 20.4 Å². The maximum atomic E-state index is 13.5. The molecule has 1 aliphatic carbocycles. The molecule has 1 atom stereocenters. The van der Waals surface area contributed by atoms with Crippen molar-refractivity contribution in [3.63, 3.8) is 0 Å². The molecule has 3 aliphatic heterocycles. The van der Waals surface area contributed by atoms with Gasteiger partial charge in [0.25, 0.3) is 11.5 Å². The number of ether oxygens (including phenoxy) is 1. The topological polar surface area (TPSA) is 79.7 Å². The zero-order valence-electron chi connectivity index (χ0n) is 18.9. The predicted octanol–water partition coefficient (Wildman–Crippen LogP) is 4.31. The SMILES string of the molecule is O=C1c2cc3[nH]c(=O)c4cnc(C5CCOCC5)n4c3cc2C2N1CCCC21CCCCC1. The fourth-order valence-electron chi connectivity index (χ4n) is 7.36. The first-order valence-electron chi connectivity index (χ1n) is 12.6. The average molecular weight is 447 g/mol. The van der Waals surface area contributed by atoms with Crippen LogP contribution in [0.15, 0.2) is 23.1 Å². The van der Waals surface area contributed by atoms with Crippen LogP contribution < -0.4 is 5.56 Å². The third-order valence-corrected chi connectivity index (χ3v) is 8.87. The molecule has 1 N–H and O–H groups in total.